The minimum absolute atomic E-state index is 0.863. The number of likely N-dealkylation sites (N-methyl/N-ethyl adjacent to an activating group) is 1. The van der Waals surface area contributed by atoms with Crippen LogP contribution in [0.1, 0.15) is 0 Å². The minimum Gasteiger partial charge on any atom is -0.387 e. The maximum absolute atomic E-state index is 9.22. The second kappa shape index (κ2) is 3.65. The van der Waals surface area contributed by atoms with Gasteiger partial charge in [0.1, 0.15) is 24.5 Å². The molecule has 6 heteroatoms. The van der Waals surface area contributed by atoms with E-state index in [-0.39, 0.29) is 0 Å². The SMILES string of the molecule is CNC1OC(O)C(O)C(O)C1O. The highest BCUT2D eigenvalue weighted by atomic mass is 16.6. The molecular formula is C6H13NO5. The van der Waals surface area contributed by atoms with E-state index < -0.39 is 30.8 Å². The number of rotatable bonds is 1. The van der Waals surface area contributed by atoms with E-state index in [9.17, 15) is 5.11 Å². The first kappa shape index (κ1) is 9.85. The molecule has 0 aromatic heterocycles. The van der Waals surface area contributed by atoms with Crippen molar-refractivity contribution < 1.29 is 25.2 Å². The van der Waals surface area contributed by atoms with E-state index in [0.717, 1.165) is 0 Å². The van der Waals surface area contributed by atoms with Crippen LogP contribution in [0, 0.1) is 0 Å². The third-order valence-electron chi connectivity index (χ3n) is 1.87. The lowest BCUT2D eigenvalue weighted by atomic mass is 10.0. The van der Waals surface area contributed by atoms with Crippen LogP contribution in [0.2, 0.25) is 0 Å². The summed E-state index contributed by atoms with van der Waals surface area (Å²) in [5.74, 6) is 0. The molecule has 0 amide bonds. The lowest BCUT2D eigenvalue weighted by Crippen LogP contribution is -2.60. The van der Waals surface area contributed by atoms with Crippen LogP contribution in [0.5, 0.6) is 0 Å². The molecule has 0 bridgehead atoms. The fourth-order valence-electron chi connectivity index (χ4n) is 1.10. The first-order valence-electron chi connectivity index (χ1n) is 3.63. The average Bonchev–Trinajstić information content (AvgIpc) is 2.08. The highest BCUT2D eigenvalue weighted by Crippen LogP contribution is 2.17. The van der Waals surface area contributed by atoms with Gasteiger partial charge in [0.25, 0.3) is 0 Å². The molecule has 0 saturated carbocycles. The van der Waals surface area contributed by atoms with Gasteiger partial charge in [-0.25, -0.2) is 0 Å². The van der Waals surface area contributed by atoms with Gasteiger partial charge in [0.2, 0.25) is 0 Å². The molecule has 1 heterocycles. The molecule has 5 N–H and O–H groups in total. The molecule has 5 unspecified atom stereocenters. The molecule has 0 aliphatic carbocycles. The Labute approximate surface area is 69.4 Å². The number of aliphatic hydroxyl groups excluding tert-OH is 4. The highest BCUT2D eigenvalue weighted by Gasteiger charge is 2.42. The summed E-state index contributed by atoms with van der Waals surface area (Å²) in [4.78, 5) is 0. The molecule has 1 aliphatic heterocycles. The van der Waals surface area contributed by atoms with Crippen molar-refractivity contribution in [1.29, 1.82) is 0 Å². The molecule has 1 rings (SSSR count). The van der Waals surface area contributed by atoms with Gasteiger partial charge in [0.05, 0.1) is 0 Å². The van der Waals surface area contributed by atoms with Gasteiger partial charge in [-0.3, -0.25) is 5.32 Å². The number of ether oxygens (including phenoxy) is 1. The van der Waals surface area contributed by atoms with Crippen molar-refractivity contribution in [2.75, 3.05) is 7.05 Å². The lowest BCUT2D eigenvalue weighted by molar-refractivity contribution is -0.286. The predicted molar refractivity (Wildman–Crippen MR) is 38.0 cm³/mol. The molecule has 1 aliphatic rings. The van der Waals surface area contributed by atoms with E-state index in [0.29, 0.717) is 0 Å². The van der Waals surface area contributed by atoms with Gasteiger partial charge in [-0.05, 0) is 7.05 Å². The van der Waals surface area contributed by atoms with Crippen molar-refractivity contribution in [3.8, 4) is 0 Å². The van der Waals surface area contributed by atoms with Gasteiger partial charge in [-0.2, -0.15) is 0 Å². The van der Waals surface area contributed by atoms with E-state index in [1.54, 1.807) is 0 Å². The Morgan fingerprint density at radius 3 is 2.08 bits per heavy atom. The van der Waals surface area contributed by atoms with Crippen LogP contribution in [0.3, 0.4) is 0 Å². The Hall–Kier alpha value is -0.240. The fraction of sp³-hybridized carbons (Fsp3) is 1.00. The van der Waals surface area contributed by atoms with Crippen molar-refractivity contribution in [2.24, 2.45) is 0 Å². The van der Waals surface area contributed by atoms with Crippen molar-refractivity contribution in [1.82, 2.24) is 5.32 Å². The molecule has 1 fully saturated rings. The van der Waals surface area contributed by atoms with E-state index in [2.05, 4.69) is 5.32 Å². The summed E-state index contributed by atoms with van der Waals surface area (Å²) in [5, 5.41) is 38.9. The van der Waals surface area contributed by atoms with Crippen molar-refractivity contribution in [3.63, 3.8) is 0 Å². The van der Waals surface area contributed by atoms with Gasteiger partial charge in [-0.15, -0.1) is 0 Å². The monoisotopic (exact) mass is 179 g/mol. The van der Waals surface area contributed by atoms with Crippen LogP contribution in [0.4, 0.5) is 0 Å². The van der Waals surface area contributed by atoms with Gasteiger partial charge in [0.15, 0.2) is 6.29 Å². The number of nitrogens with one attached hydrogen (secondary N) is 1. The van der Waals surface area contributed by atoms with Crippen LogP contribution in [0.15, 0.2) is 0 Å². The van der Waals surface area contributed by atoms with Crippen molar-refractivity contribution in [3.05, 3.63) is 0 Å². The average molecular weight is 179 g/mol. The summed E-state index contributed by atoms with van der Waals surface area (Å²) < 4.78 is 4.71. The maximum Gasteiger partial charge on any atom is 0.185 e. The summed E-state index contributed by atoms with van der Waals surface area (Å²) in [5.41, 5.74) is 0. The summed E-state index contributed by atoms with van der Waals surface area (Å²) >= 11 is 0. The molecule has 12 heavy (non-hydrogen) atoms. The third-order valence-corrected chi connectivity index (χ3v) is 1.87. The zero-order chi connectivity index (χ0) is 9.30. The van der Waals surface area contributed by atoms with E-state index in [4.69, 9.17) is 20.1 Å². The quantitative estimate of drug-likeness (QED) is 0.293. The second-order valence-electron chi connectivity index (χ2n) is 2.71. The summed E-state index contributed by atoms with van der Waals surface area (Å²) in [6.45, 7) is 0. The number of aliphatic hydroxyl groups is 4. The molecule has 0 aromatic carbocycles. The largest absolute Gasteiger partial charge is 0.387 e. The molecular weight excluding hydrogens is 166 g/mol. The Balaban J connectivity index is 2.63. The molecule has 5 atom stereocenters. The van der Waals surface area contributed by atoms with Gasteiger partial charge < -0.3 is 25.2 Å². The Kier molecular flexibility index (Phi) is 2.99. The van der Waals surface area contributed by atoms with Gasteiger partial charge in [-0.1, -0.05) is 0 Å². The van der Waals surface area contributed by atoms with Gasteiger partial charge in [0, 0.05) is 0 Å². The van der Waals surface area contributed by atoms with Crippen molar-refractivity contribution in [2.45, 2.75) is 30.8 Å². The molecule has 0 radical (unpaired) electrons. The van der Waals surface area contributed by atoms with Crippen LogP contribution in [-0.4, -0.2) is 58.3 Å². The summed E-state index contributed by atoms with van der Waals surface area (Å²) in [6, 6.07) is 0. The zero-order valence-electron chi connectivity index (χ0n) is 6.58. The predicted octanol–water partition coefficient (Wildman–Crippen LogP) is -3.04. The maximum atomic E-state index is 9.22. The van der Waals surface area contributed by atoms with Gasteiger partial charge >= 0.3 is 0 Å². The Bertz CT molecular complexity index is 150. The van der Waals surface area contributed by atoms with Crippen LogP contribution >= 0.6 is 0 Å². The standard InChI is InChI=1S/C6H13NO5/c1-7-5-3(9)2(8)4(10)6(11)12-5/h2-11H,1H3. The van der Waals surface area contributed by atoms with E-state index >= 15 is 0 Å². The van der Waals surface area contributed by atoms with Crippen LogP contribution in [-0.2, 0) is 4.74 Å². The Morgan fingerprint density at radius 1 is 1.00 bits per heavy atom. The minimum atomic E-state index is -1.47. The van der Waals surface area contributed by atoms with Crippen LogP contribution < -0.4 is 5.32 Å². The topological polar surface area (TPSA) is 102 Å². The first-order chi connectivity index (χ1) is 5.57. The van der Waals surface area contributed by atoms with Crippen LogP contribution in [0.25, 0.3) is 0 Å². The fourth-order valence-corrected chi connectivity index (χ4v) is 1.10. The highest BCUT2D eigenvalue weighted by molar-refractivity contribution is 4.86. The molecule has 1 saturated heterocycles. The number of hydrogen-bond donors (Lipinski definition) is 5. The third kappa shape index (κ3) is 1.58. The van der Waals surface area contributed by atoms with Crippen molar-refractivity contribution >= 4 is 0 Å². The number of hydrogen-bond acceptors (Lipinski definition) is 6. The molecule has 72 valence electrons. The first-order valence-corrected chi connectivity index (χ1v) is 3.63. The van der Waals surface area contributed by atoms with E-state index in [1.807, 2.05) is 0 Å². The van der Waals surface area contributed by atoms with E-state index in [1.165, 1.54) is 7.05 Å². The second-order valence-corrected chi connectivity index (χ2v) is 2.71. The summed E-state index contributed by atoms with van der Waals surface area (Å²) in [6.07, 6.45) is -6.44. The normalized spacial score (nSPS) is 49.2. The zero-order valence-corrected chi connectivity index (χ0v) is 6.58. The molecule has 6 nitrogen and oxygen atoms in total. The molecule has 0 spiro atoms. The smallest absolute Gasteiger partial charge is 0.185 e. The lowest BCUT2D eigenvalue weighted by Gasteiger charge is -2.37. The molecule has 0 aromatic rings. The Morgan fingerprint density at radius 2 is 1.58 bits per heavy atom. The summed E-state index contributed by atoms with van der Waals surface area (Å²) in [7, 11) is 1.50.